The molecule has 2 rings (SSSR count). The van der Waals surface area contributed by atoms with Crippen molar-refractivity contribution in [2.24, 2.45) is 11.7 Å². The molecule has 0 radical (unpaired) electrons. The van der Waals surface area contributed by atoms with E-state index in [0.29, 0.717) is 5.02 Å². The van der Waals surface area contributed by atoms with Crippen LogP contribution in [0, 0.1) is 5.92 Å². The predicted octanol–water partition coefficient (Wildman–Crippen LogP) is 4.18. The van der Waals surface area contributed by atoms with Crippen LogP contribution in [0.2, 0.25) is 10.0 Å². The number of rotatable bonds is 4. The lowest BCUT2D eigenvalue weighted by molar-refractivity contribution is 0.575. The molecule has 1 unspecified atom stereocenters. The van der Waals surface area contributed by atoms with E-state index in [4.69, 9.17) is 28.9 Å². The van der Waals surface area contributed by atoms with E-state index in [1.165, 1.54) is 19.3 Å². The Bertz CT molecular complexity index is 347. The van der Waals surface area contributed by atoms with Gasteiger partial charge in [-0.05, 0) is 42.5 Å². The first kappa shape index (κ1) is 11.3. The topological polar surface area (TPSA) is 26.0 Å². The summed E-state index contributed by atoms with van der Waals surface area (Å²) in [5, 5.41) is 1.43. The number of halogens is 2. The highest BCUT2D eigenvalue weighted by Crippen LogP contribution is 2.36. The molecule has 0 aliphatic heterocycles. The molecule has 82 valence electrons. The number of hydrogen-bond acceptors (Lipinski definition) is 1. The van der Waals surface area contributed by atoms with Gasteiger partial charge in [0.15, 0.2) is 0 Å². The van der Waals surface area contributed by atoms with Crippen LogP contribution < -0.4 is 5.73 Å². The molecule has 1 nitrogen and oxygen atoms in total. The molecule has 1 atom stereocenters. The van der Waals surface area contributed by atoms with Crippen molar-refractivity contribution in [1.29, 1.82) is 0 Å². The minimum atomic E-state index is 0.0248. The highest BCUT2D eigenvalue weighted by atomic mass is 35.5. The Hall–Kier alpha value is -0.240. The molecule has 0 heterocycles. The largest absolute Gasteiger partial charge is 0.324 e. The lowest BCUT2D eigenvalue weighted by atomic mass is 10.0. The third-order valence-electron chi connectivity index (χ3n) is 2.94. The summed E-state index contributed by atoms with van der Waals surface area (Å²) in [6, 6.07) is 5.51. The summed E-state index contributed by atoms with van der Waals surface area (Å²) in [5.41, 5.74) is 7.07. The second kappa shape index (κ2) is 4.73. The first-order chi connectivity index (χ1) is 7.16. The molecule has 15 heavy (non-hydrogen) atoms. The Morgan fingerprint density at radius 1 is 1.33 bits per heavy atom. The molecule has 1 aliphatic carbocycles. The van der Waals surface area contributed by atoms with Gasteiger partial charge in [0.1, 0.15) is 0 Å². The van der Waals surface area contributed by atoms with E-state index in [-0.39, 0.29) is 6.04 Å². The van der Waals surface area contributed by atoms with Gasteiger partial charge in [0.2, 0.25) is 0 Å². The third kappa shape index (κ3) is 3.10. The average molecular weight is 244 g/mol. The number of benzene rings is 1. The van der Waals surface area contributed by atoms with E-state index >= 15 is 0 Å². The maximum atomic E-state index is 6.10. The van der Waals surface area contributed by atoms with Gasteiger partial charge in [0.05, 0.1) is 0 Å². The van der Waals surface area contributed by atoms with Crippen molar-refractivity contribution in [3.05, 3.63) is 33.8 Å². The second-order valence-corrected chi connectivity index (χ2v) is 5.14. The van der Waals surface area contributed by atoms with Gasteiger partial charge >= 0.3 is 0 Å². The molecule has 0 spiro atoms. The molecular formula is C12H15Cl2N. The van der Waals surface area contributed by atoms with Crippen LogP contribution >= 0.6 is 23.2 Å². The van der Waals surface area contributed by atoms with Crippen LogP contribution in [0.5, 0.6) is 0 Å². The fourth-order valence-electron chi connectivity index (χ4n) is 1.78. The Morgan fingerprint density at radius 3 is 2.73 bits per heavy atom. The summed E-state index contributed by atoms with van der Waals surface area (Å²) in [6.45, 7) is 0. The van der Waals surface area contributed by atoms with Crippen molar-refractivity contribution in [3.63, 3.8) is 0 Å². The molecule has 1 aliphatic rings. The minimum absolute atomic E-state index is 0.0248. The van der Waals surface area contributed by atoms with Crippen molar-refractivity contribution in [2.75, 3.05) is 0 Å². The van der Waals surface area contributed by atoms with Crippen molar-refractivity contribution < 1.29 is 0 Å². The van der Waals surface area contributed by atoms with Gasteiger partial charge in [-0.3, -0.25) is 0 Å². The summed E-state index contributed by atoms with van der Waals surface area (Å²) in [6.07, 6.45) is 4.96. The van der Waals surface area contributed by atoms with E-state index in [1.54, 1.807) is 6.07 Å². The van der Waals surface area contributed by atoms with Crippen LogP contribution in [0.3, 0.4) is 0 Å². The molecule has 0 amide bonds. The molecule has 1 aromatic rings. The smallest absolute Gasteiger partial charge is 0.0454 e. The summed E-state index contributed by atoms with van der Waals surface area (Å²) in [4.78, 5) is 0. The zero-order chi connectivity index (χ0) is 10.8. The monoisotopic (exact) mass is 243 g/mol. The Morgan fingerprint density at radius 2 is 2.07 bits per heavy atom. The summed E-state index contributed by atoms with van der Waals surface area (Å²) < 4.78 is 0. The van der Waals surface area contributed by atoms with Crippen LogP contribution in [0.25, 0.3) is 0 Å². The van der Waals surface area contributed by atoms with E-state index in [1.807, 2.05) is 12.1 Å². The Kier molecular flexibility index (Phi) is 3.55. The number of hydrogen-bond donors (Lipinski definition) is 1. The molecule has 0 bridgehead atoms. The predicted molar refractivity (Wildman–Crippen MR) is 65.3 cm³/mol. The summed E-state index contributed by atoms with van der Waals surface area (Å²) >= 11 is 12.0. The van der Waals surface area contributed by atoms with Gasteiger partial charge in [-0.2, -0.15) is 0 Å². The van der Waals surface area contributed by atoms with Crippen LogP contribution in [0.1, 0.15) is 37.3 Å². The van der Waals surface area contributed by atoms with Crippen molar-refractivity contribution in [3.8, 4) is 0 Å². The Balaban J connectivity index is 2.02. The van der Waals surface area contributed by atoms with Crippen molar-refractivity contribution >= 4 is 23.2 Å². The van der Waals surface area contributed by atoms with Gasteiger partial charge in [-0.15, -0.1) is 0 Å². The van der Waals surface area contributed by atoms with Crippen molar-refractivity contribution in [2.45, 2.75) is 31.7 Å². The van der Waals surface area contributed by atoms with Crippen LogP contribution in [0.15, 0.2) is 18.2 Å². The van der Waals surface area contributed by atoms with Gasteiger partial charge in [0, 0.05) is 16.1 Å². The molecule has 0 aromatic heterocycles. The van der Waals surface area contributed by atoms with E-state index < -0.39 is 0 Å². The lowest BCUT2D eigenvalue weighted by Crippen LogP contribution is -2.11. The fourth-order valence-corrected chi connectivity index (χ4v) is 2.21. The highest BCUT2D eigenvalue weighted by Gasteiger charge is 2.22. The minimum Gasteiger partial charge on any atom is -0.324 e. The standard InChI is InChI=1S/C12H15Cl2N/c13-9-4-5-11(14)10(7-9)12(15)6-3-8-1-2-8/h4-5,7-8,12H,1-3,6,15H2. The van der Waals surface area contributed by atoms with Gasteiger partial charge in [-0.1, -0.05) is 36.0 Å². The van der Waals surface area contributed by atoms with Crippen molar-refractivity contribution in [1.82, 2.24) is 0 Å². The van der Waals surface area contributed by atoms with Gasteiger partial charge in [-0.25, -0.2) is 0 Å². The molecule has 1 saturated carbocycles. The third-order valence-corrected chi connectivity index (χ3v) is 3.52. The summed E-state index contributed by atoms with van der Waals surface area (Å²) in [7, 11) is 0. The average Bonchev–Trinajstić information content (AvgIpc) is 3.02. The van der Waals surface area contributed by atoms with Crippen LogP contribution in [-0.4, -0.2) is 0 Å². The molecular weight excluding hydrogens is 229 g/mol. The molecule has 1 fully saturated rings. The zero-order valence-corrected chi connectivity index (χ0v) is 10.1. The van der Waals surface area contributed by atoms with Crippen LogP contribution in [0.4, 0.5) is 0 Å². The first-order valence-corrected chi connectivity index (χ1v) is 6.13. The Labute approximate surface area is 101 Å². The normalized spacial score (nSPS) is 17.8. The fraction of sp³-hybridized carbons (Fsp3) is 0.500. The quantitative estimate of drug-likeness (QED) is 0.844. The highest BCUT2D eigenvalue weighted by molar-refractivity contribution is 6.33. The molecule has 1 aromatic carbocycles. The zero-order valence-electron chi connectivity index (χ0n) is 8.55. The second-order valence-electron chi connectivity index (χ2n) is 4.29. The first-order valence-electron chi connectivity index (χ1n) is 5.37. The molecule has 3 heteroatoms. The molecule has 2 N–H and O–H groups in total. The van der Waals surface area contributed by atoms with Crippen LogP contribution in [-0.2, 0) is 0 Å². The van der Waals surface area contributed by atoms with E-state index in [0.717, 1.165) is 22.9 Å². The summed E-state index contributed by atoms with van der Waals surface area (Å²) in [5.74, 6) is 0.911. The maximum Gasteiger partial charge on any atom is 0.0454 e. The SMILES string of the molecule is NC(CCC1CC1)c1cc(Cl)ccc1Cl. The molecule has 0 saturated heterocycles. The van der Waals surface area contributed by atoms with Gasteiger partial charge in [0.25, 0.3) is 0 Å². The maximum absolute atomic E-state index is 6.10. The lowest BCUT2D eigenvalue weighted by Gasteiger charge is -2.13. The van der Waals surface area contributed by atoms with Gasteiger partial charge < -0.3 is 5.73 Å². The van der Waals surface area contributed by atoms with E-state index in [2.05, 4.69) is 0 Å². The number of nitrogens with two attached hydrogens (primary N) is 1. The van der Waals surface area contributed by atoms with E-state index in [9.17, 15) is 0 Å².